The molecule has 2 aromatic carbocycles. The fourth-order valence-corrected chi connectivity index (χ4v) is 2.90. The van der Waals surface area contributed by atoms with Crippen molar-refractivity contribution in [3.05, 3.63) is 36.4 Å². The molecule has 210 valence electrons. The number of alkyl halides is 8. The minimum Gasteiger partial charge on any atom is -0.497 e. The molecular weight excluding hydrogens is 540 g/mol. The molecule has 0 aliphatic heterocycles. The van der Waals surface area contributed by atoms with E-state index in [-0.39, 0.29) is 23.0 Å². The molecule has 0 bridgehead atoms. The van der Waals surface area contributed by atoms with E-state index in [0.717, 1.165) is 52.7 Å². The number of nitrogens with one attached hydrogen (secondary N) is 2. The number of hydrogen-bond donors (Lipinski definition) is 2. The first kappa shape index (κ1) is 30.2. The molecule has 8 nitrogen and oxygen atoms in total. The van der Waals surface area contributed by atoms with Crippen molar-refractivity contribution >= 4 is 23.2 Å². The van der Waals surface area contributed by atoms with Crippen LogP contribution in [0.2, 0.25) is 0 Å². The minimum absolute atomic E-state index is 0.0994. The number of anilines is 2. The Morgan fingerprint density at radius 1 is 0.579 bits per heavy atom. The molecule has 0 aromatic heterocycles. The van der Waals surface area contributed by atoms with E-state index < -0.39 is 46.9 Å². The maximum Gasteiger partial charge on any atom is 0.393 e. The first-order valence-electron chi connectivity index (χ1n) is 10.1. The SMILES string of the molecule is COc1ccc(OC)c(NC(=O)C(F)(F)C(F)(F)C(F)(F)C(F)(F)C(=O)Nc2cc(OC)ccc2OC)c1. The van der Waals surface area contributed by atoms with Gasteiger partial charge in [0.05, 0.1) is 39.8 Å². The number of carbonyl (C=O) groups is 2. The van der Waals surface area contributed by atoms with Gasteiger partial charge in [0.1, 0.15) is 23.0 Å². The highest BCUT2D eigenvalue weighted by Crippen LogP contribution is 2.53. The molecule has 16 heteroatoms. The van der Waals surface area contributed by atoms with Crippen LogP contribution in [0.1, 0.15) is 0 Å². The fraction of sp³-hybridized carbons (Fsp3) is 0.364. The Labute approximate surface area is 209 Å². The van der Waals surface area contributed by atoms with Gasteiger partial charge >= 0.3 is 35.5 Å². The number of halogens is 8. The van der Waals surface area contributed by atoms with Crippen molar-refractivity contribution in [1.29, 1.82) is 0 Å². The van der Waals surface area contributed by atoms with Gasteiger partial charge in [-0.1, -0.05) is 0 Å². The second-order valence-electron chi connectivity index (χ2n) is 7.34. The summed E-state index contributed by atoms with van der Waals surface area (Å²) in [6, 6.07) is 6.15. The van der Waals surface area contributed by atoms with Gasteiger partial charge in [-0.2, -0.15) is 35.1 Å². The first-order chi connectivity index (χ1) is 17.5. The zero-order valence-corrected chi connectivity index (χ0v) is 19.9. The van der Waals surface area contributed by atoms with Gasteiger partial charge in [-0.25, -0.2) is 0 Å². The molecule has 0 heterocycles. The third-order valence-electron chi connectivity index (χ3n) is 5.06. The van der Waals surface area contributed by atoms with Crippen molar-refractivity contribution in [2.75, 3.05) is 39.1 Å². The molecule has 2 rings (SSSR count). The molecule has 0 atom stereocenters. The van der Waals surface area contributed by atoms with Crippen LogP contribution >= 0.6 is 0 Å². The number of ether oxygens (including phenoxy) is 4. The molecule has 0 unspecified atom stereocenters. The second kappa shape index (κ2) is 10.8. The molecule has 0 saturated carbocycles. The van der Waals surface area contributed by atoms with Crippen molar-refractivity contribution in [3.63, 3.8) is 0 Å². The van der Waals surface area contributed by atoms with Gasteiger partial charge < -0.3 is 29.6 Å². The summed E-state index contributed by atoms with van der Waals surface area (Å²) in [5.41, 5.74) is -1.46. The van der Waals surface area contributed by atoms with Crippen LogP contribution in [0, 0.1) is 0 Å². The van der Waals surface area contributed by atoms with Crippen LogP contribution in [0.15, 0.2) is 36.4 Å². The van der Waals surface area contributed by atoms with Gasteiger partial charge in [0.2, 0.25) is 0 Å². The third-order valence-corrected chi connectivity index (χ3v) is 5.06. The Balaban J connectivity index is 2.41. The van der Waals surface area contributed by atoms with E-state index in [1.165, 1.54) is 22.8 Å². The van der Waals surface area contributed by atoms with Crippen molar-refractivity contribution in [3.8, 4) is 23.0 Å². The monoisotopic (exact) mass is 560 g/mol. The Kier molecular flexibility index (Phi) is 8.59. The number of methoxy groups -OCH3 is 4. The predicted molar refractivity (Wildman–Crippen MR) is 116 cm³/mol. The topological polar surface area (TPSA) is 95.1 Å². The van der Waals surface area contributed by atoms with Crippen LogP contribution < -0.4 is 29.6 Å². The molecule has 0 aliphatic rings. The molecule has 38 heavy (non-hydrogen) atoms. The van der Waals surface area contributed by atoms with E-state index in [9.17, 15) is 44.7 Å². The molecular formula is C22H20F8N2O6. The highest BCUT2D eigenvalue weighted by atomic mass is 19.4. The average Bonchev–Trinajstić information content (AvgIpc) is 2.87. The number of hydrogen-bond acceptors (Lipinski definition) is 6. The summed E-state index contributed by atoms with van der Waals surface area (Å²) in [5, 5.41) is 2.44. The Morgan fingerprint density at radius 2 is 0.895 bits per heavy atom. The van der Waals surface area contributed by atoms with E-state index >= 15 is 0 Å². The quantitative estimate of drug-likeness (QED) is 0.382. The lowest BCUT2D eigenvalue weighted by molar-refractivity contribution is -0.345. The van der Waals surface area contributed by atoms with Gasteiger partial charge in [-0.15, -0.1) is 0 Å². The zero-order valence-electron chi connectivity index (χ0n) is 19.9. The summed E-state index contributed by atoms with van der Waals surface area (Å²) in [6.07, 6.45) is 0. The molecule has 0 radical (unpaired) electrons. The summed E-state index contributed by atoms with van der Waals surface area (Å²) < 4.78 is 134. The van der Waals surface area contributed by atoms with E-state index in [0.29, 0.717) is 0 Å². The van der Waals surface area contributed by atoms with Crippen LogP contribution in [0.5, 0.6) is 23.0 Å². The highest BCUT2D eigenvalue weighted by molar-refractivity contribution is 6.00. The summed E-state index contributed by atoms with van der Waals surface area (Å²) in [7, 11) is 4.22. The Morgan fingerprint density at radius 3 is 1.16 bits per heavy atom. The maximum absolute atomic E-state index is 14.4. The van der Waals surface area contributed by atoms with Crippen LogP contribution in [0.4, 0.5) is 46.5 Å². The highest BCUT2D eigenvalue weighted by Gasteiger charge is 2.84. The zero-order chi connectivity index (χ0) is 29.1. The van der Waals surface area contributed by atoms with Gasteiger partial charge in [0.25, 0.3) is 0 Å². The van der Waals surface area contributed by atoms with Crippen LogP contribution in [0.25, 0.3) is 0 Å². The largest absolute Gasteiger partial charge is 0.497 e. The van der Waals surface area contributed by atoms with E-state index in [2.05, 4.69) is 0 Å². The van der Waals surface area contributed by atoms with Crippen molar-refractivity contribution in [1.82, 2.24) is 0 Å². The Hall–Kier alpha value is -3.98. The number of carbonyl (C=O) groups excluding carboxylic acids is 2. The standard InChI is InChI=1S/C22H20F8N2O6/c1-35-11-5-7-15(37-3)13(9-11)31-17(33)19(23,24)21(27,28)22(29,30)20(25,26)18(34)32-14-10-12(36-2)6-8-16(14)38-4/h5-10H,1-4H3,(H,31,33)(H,32,34). The third kappa shape index (κ3) is 5.19. The molecule has 0 spiro atoms. The number of amides is 2. The van der Waals surface area contributed by atoms with E-state index in [1.807, 2.05) is 0 Å². The summed E-state index contributed by atoms with van der Waals surface area (Å²) >= 11 is 0. The average molecular weight is 560 g/mol. The van der Waals surface area contributed by atoms with E-state index in [4.69, 9.17) is 18.9 Å². The molecule has 0 saturated heterocycles. The lowest BCUT2D eigenvalue weighted by Crippen LogP contribution is -2.67. The van der Waals surface area contributed by atoms with Crippen molar-refractivity contribution < 1.29 is 63.7 Å². The second-order valence-corrected chi connectivity index (χ2v) is 7.34. The molecule has 2 aromatic rings. The van der Waals surface area contributed by atoms with Crippen LogP contribution in [-0.4, -0.2) is 63.9 Å². The molecule has 2 N–H and O–H groups in total. The predicted octanol–water partition coefficient (Wildman–Crippen LogP) is 4.84. The molecule has 0 aliphatic carbocycles. The van der Waals surface area contributed by atoms with Gasteiger partial charge in [-0.05, 0) is 24.3 Å². The van der Waals surface area contributed by atoms with Gasteiger partial charge in [-0.3, -0.25) is 9.59 Å². The van der Waals surface area contributed by atoms with E-state index in [1.54, 1.807) is 0 Å². The summed E-state index contributed by atoms with van der Waals surface area (Å²) in [5.74, 6) is -34.3. The lowest BCUT2D eigenvalue weighted by Gasteiger charge is -2.35. The fourth-order valence-electron chi connectivity index (χ4n) is 2.90. The summed E-state index contributed by atoms with van der Waals surface area (Å²) in [4.78, 5) is 24.0. The number of rotatable bonds is 11. The maximum atomic E-state index is 14.4. The van der Waals surface area contributed by atoms with Gasteiger partial charge in [0.15, 0.2) is 0 Å². The molecule has 2 amide bonds. The van der Waals surface area contributed by atoms with Gasteiger partial charge in [0, 0.05) is 12.1 Å². The summed E-state index contributed by atoms with van der Waals surface area (Å²) in [6.45, 7) is 0. The minimum atomic E-state index is -7.09. The Bertz CT molecular complexity index is 1100. The van der Waals surface area contributed by atoms with Crippen molar-refractivity contribution in [2.45, 2.75) is 23.7 Å². The van der Waals surface area contributed by atoms with Crippen LogP contribution in [0.3, 0.4) is 0 Å². The van der Waals surface area contributed by atoms with Crippen LogP contribution in [-0.2, 0) is 9.59 Å². The molecule has 0 fully saturated rings. The first-order valence-corrected chi connectivity index (χ1v) is 10.1. The lowest BCUT2D eigenvalue weighted by atomic mass is 9.97. The smallest absolute Gasteiger partial charge is 0.393 e. The normalized spacial score (nSPS) is 12.4. The van der Waals surface area contributed by atoms with Crippen molar-refractivity contribution in [2.24, 2.45) is 0 Å². The number of benzene rings is 2.